The Hall–Kier alpha value is -3.74. The second-order valence-corrected chi connectivity index (χ2v) is 12.9. The number of hydrogen-bond donors (Lipinski definition) is 2. The number of benzene rings is 3. The molecule has 3 rings (SSSR count). The minimum absolute atomic E-state index is 0.00228. The number of hydrogen-bond acceptors (Lipinski definition) is 8. The van der Waals surface area contributed by atoms with Gasteiger partial charge in [-0.3, -0.25) is 4.79 Å². The van der Waals surface area contributed by atoms with Crippen molar-refractivity contribution in [2.45, 2.75) is 49.9 Å². The first-order valence-corrected chi connectivity index (χ1v) is 15.3. The summed E-state index contributed by atoms with van der Waals surface area (Å²) in [6, 6.07) is 15.9. The number of amides is 1. The monoisotopic (exact) mass is 587 g/mol. The third-order valence-electron chi connectivity index (χ3n) is 5.74. The minimum Gasteiger partial charge on any atom is -0.493 e. The number of nitrogens with zero attached hydrogens (tertiary/aromatic N) is 1. The van der Waals surface area contributed by atoms with E-state index in [9.17, 15) is 21.6 Å². The van der Waals surface area contributed by atoms with Crippen LogP contribution in [-0.4, -0.2) is 42.1 Å². The van der Waals surface area contributed by atoms with Gasteiger partial charge in [0.1, 0.15) is 10.9 Å². The van der Waals surface area contributed by atoms with Gasteiger partial charge in [0, 0.05) is 0 Å². The number of methoxy groups -OCH3 is 1. The van der Waals surface area contributed by atoms with E-state index in [0.29, 0.717) is 5.56 Å². The molecule has 0 aliphatic rings. The van der Waals surface area contributed by atoms with E-state index in [0.717, 1.165) is 11.1 Å². The number of rotatable bonds is 12. The molecule has 0 saturated carbocycles. The summed E-state index contributed by atoms with van der Waals surface area (Å²) in [7, 11) is -6.66. The lowest BCUT2D eigenvalue weighted by atomic mass is 10.0. The van der Waals surface area contributed by atoms with Gasteiger partial charge in [-0.25, -0.2) is 13.8 Å². The fraction of sp³-hybridized carbons (Fsp3) is 0.286. The molecule has 3 aromatic carbocycles. The van der Waals surface area contributed by atoms with Crippen LogP contribution in [0.3, 0.4) is 0 Å². The van der Waals surface area contributed by atoms with E-state index in [4.69, 9.17) is 8.92 Å². The average Bonchev–Trinajstić information content (AvgIpc) is 2.89. The third-order valence-corrected chi connectivity index (χ3v) is 8.47. The zero-order valence-corrected chi connectivity index (χ0v) is 24.5. The summed E-state index contributed by atoms with van der Waals surface area (Å²) in [5.41, 5.74) is 4.66. The van der Waals surface area contributed by atoms with E-state index >= 15 is 0 Å². The van der Waals surface area contributed by atoms with Gasteiger partial charge in [0.25, 0.3) is 5.91 Å². The summed E-state index contributed by atoms with van der Waals surface area (Å²) in [6.45, 7) is 7.44. The van der Waals surface area contributed by atoms with Crippen LogP contribution in [0.1, 0.15) is 37.0 Å². The van der Waals surface area contributed by atoms with Gasteiger partial charge in [-0.1, -0.05) is 49.2 Å². The Labute approximate surface area is 235 Å². The molecule has 1 atom stereocenters. The lowest BCUT2D eigenvalue weighted by Gasteiger charge is -2.19. The summed E-state index contributed by atoms with van der Waals surface area (Å²) in [5.74, 6) is -0.494. The summed E-state index contributed by atoms with van der Waals surface area (Å²) < 4.78 is 64.0. The number of carbonyl (C=O) groups is 1. The number of nitrogens with one attached hydrogen (secondary N) is 2. The molecule has 12 heteroatoms. The van der Waals surface area contributed by atoms with Gasteiger partial charge >= 0.3 is 10.1 Å². The molecule has 1 amide bonds. The largest absolute Gasteiger partial charge is 0.493 e. The van der Waals surface area contributed by atoms with Crippen molar-refractivity contribution in [3.63, 3.8) is 0 Å². The number of aryl methyl sites for hydroxylation is 2. The highest BCUT2D eigenvalue weighted by atomic mass is 32.2. The van der Waals surface area contributed by atoms with E-state index in [-0.39, 0.29) is 33.6 Å². The maximum atomic E-state index is 12.9. The molecule has 2 N–H and O–H groups in total. The van der Waals surface area contributed by atoms with Crippen LogP contribution >= 0.6 is 0 Å². The van der Waals surface area contributed by atoms with E-state index < -0.39 is 32.1 Å². The van der Waals surface area contributed by atoms with Gasteiger partial charge in [-0.15, -0.1) is 0 Å². The summed E-state index contributed by atoms with van der Waals surface area (Å²) in [5, 5.41) is 3.95. The number of sulfonamides is 1. The molecule has 0 unspecified atom stereocenters. The highest BCUT2D eigenvalue weighted by molar-refractivity contribution is 7.89. The molecule has 0 aliphatic carbocycles. The van der Waals surface area contributed by atoms with Crippen molar-refractivity contribution in [3.05, 3.63) is 83.4 Å². The van der Waals surface area contributed by atoms with Crippen molar-refractivity contribution in [1.29, 1.82) is 0 Å². The first kappa shape index (κ1) is 30.8. The SMILES string of the molecule is COc1cc(/C=N\NC(=O)[C@@H](CC(C)C)NS(=O)(=O)c2ccc(C)cc2)ccc1OS(=O)(=O)c1ccc(C)cc1. The highest BCUT2D eigenvalue weighted by Gasteiger charge is 2.26. The summed E-state index contributed by atoms with van der Waals surface area (Å²) in [6.07, 6.45) is 1.57. The quantitative estimate of drug-likeness (QED) is 0.186. The van der Waals surface area contributed by atoms with Crippen LogP contribution in [0.4, 0.5) is 0 Å². The molecule has 0 heterocycles. The van der Waals surface area contributed by atoms with E-state index in [1.54, 1.807) is 24.3 Å². The fourth-order valence-corrected chi connectivity index (χ4v) is 5.75. The van der Waals surface area contributed by atoms with Gasteiger partial charge in [0.05, 0.1) is 18.2 Å². The second-order valence-electron chi connectivity index (χ2n) is 9.61. The number of carbonyl (C=O) groups excluding carboxylic acids is 1. The van der Waals surface area contributed by atoms with Crippen molar-refractivity contribution in [2.24, 2.45) is 11.0 Å². The molecule has 10 nitrogen and oxygen atoms in total. The van der Waals surface area contributed by atoms with Crippen molar-refractivity contribution < 1.29 is 30.6 Å². The van der Waals surface area contributed by atoms with E-state index in [1.165, 1.54) is 55.8 Å². The van der Waals surface area contributed by atoms with E-state index in [2.05, 4.69) is 15.2 Å². The van der Waals surface area contributed by atoms with Crippen LogP contribution in [0.5, 0.6) is 11.5 Å². The summed E-state index contributed by atoms with van der Waals surface area (Å²) >= 11 is 0. The fourth-order valence-electron chi connectivity index (χ4n) is 3.61. The predicted octanol–water partition coefficient (Wildman–Crippen LogP) is 3.92. The van der Waals surface area contributed by atoms with Crippen LogP contribution in [0, 0.1) is 19.8 Å². The third kappa shape index (κ3) is 8.38. The normalized spacial score (nSPS) is 12.8. The van der Waals surface area contributed by atoms with Crippen molar-refractivity contribution in [2.75, 3.05) is 7.11 Å². The number of ether oxygens (including phenoxy) is 1. The van der Waals surface area contributed by atoms with Crippen LogP contribution in [0.2, 0.25) is 0 Å². The van der Waals surface area contributed by atoms with Gasteiger partial charge < -0.3 is 8.92 Å². The Bertz CT molecular complexity index is 1570. The number of hydrazone groups is 1. The Balaban J connectivity index is 1.72. The van der Waals surface area contributed by atoms with Gasteiger partial charge in [0.15, 0.2) is 11.5 Å². The zero-order chi connectivity index (χ0) is 29.5. The lowest BCUT2D eigenvalue weighted by molar-refractivity contribution is -0.123. The molecular weight excluding hydrogens is 554 g/mol. The Kier molecular flexibility index (Phi) is 10.1. The molecule has 0 spiro atoms. The second kappa shape index (κ2) is 13.1. The van der Waals surface area contributed by atoms with Crippen LogP contribution in [-0.2, 0) is 24.9 Å². The molecule has 0 saturated heterocycles. The van der Waals surface area contributed by atoms with Crippen LogP contribution in [0.15, 0.2) is 81.6 Å². The molecule has 40 heavy (non-hydrogen) atoms. The highest BCUT2D eigenvalue weighted by Crippen LogP contribution is 2.30. The lowest BCUT2D eigenvalue weighted by Crippen LogP contribution is -2.46. The standard InChI is InChI=1S/C28H33N3O7S2/c1-19(2)16-25(31-39(33,34)23-11-6-20(3)7-12-23)28(32)30-29-18-22-10-15-26(27(17-22)37-5)38-40(35,36)24-13-8-21(4)9-14-24/h6-15,17-19,25,31H,16H2,1-5H3,(H,30,32)/b29-18-/t25-/m1/s1. The molecule has 0 bridgehead atoms. The smallest absolute Gasteiger partial charge is 0.339 e. The van der Waals surface area contributed by atoms with Crippen molar-refractivity contribution >= 4 is 32.3 Å². The summed E-state index contributed by atoms with van der Waals surface area (Å²) in [4.78, 5) is 12.9. The zero-order valence-electron chi connectivity index (χ0n) is 22.9. The molecule has 214 valence electrons. The molecule has 3 aromatic rings. The maximum Gasteiger partial charge on any atom is 0.339 e. The van der Waals surface area contributed by atoms with E-state index in [1.807, 2.05) is 27.7 Å². The minimum atomic E-state index is -4.09. The Morgan fingerprint density at radius 3 is 2.00 bits per heavy atom. The Morgan fingerprint density at radius 1 is 0.875 bits per heavy atom. The molecule has 0 radical (unpaired) electrons. The Morgan fingerprint density at radius 2 is 1.45 bits per heavy atom. The molecule has 0 aromatic heterocycles. The average molecular weight is 588 g/mol. The van der Waals surface area contributed by atoms with Gasteiger partial charge in [-0.05, 0) is 74.2 Å². The van der Waals surface area contributed by atoms with Gasteiger partial charge in [-0.2, -0.15) is 18.2 Å². The molecule has 0 aliphatic heterocycles. The van der Waals surface area contributed by atoms with Gasteiger partial charge in [0.2, 0.25) is 10.0 Å². The molecular formula is C28H33N3O7S2. The maximum absolute atomic E-state index is 12.9. The van der Waals surface area contributed by atoms with Crippen LogP contribution in [0.25, 0.3) is 0 Å². The predicted molar refractivity (Wildman–Crippen MR) is 152 cm³/mol. The first-order valence-electron chi connectivity index (χ1n) is 12.4. The van der Waals surface area contributed by atoms with Crippen LogP contribution < -0.4 is 19.1 Å². The first-order chi connectivity index (χ1) is 18.8. The topological polar surface area (TPSA) is 140 Å². The van der Waals surface area contributed by atoms with Crippen molar-refractivity contribution in [1.82, 2.24) is 10.1 Å². The molecule has 0 fully saturated rings. The van der Waals surface area contributed by atoms with Crippen molar-refractivity contribution in [3.8, 4) is 11.5 Å².